The number of aromatic carboxylic acids is 1. The molecule has 3 N–H and O–H groups in total. The minimum absolute atomic E-state index is 0. The third-order valence-electron chi connectivity index (χ3n) is 5.34. The Morgan fingerprint density at radius 1 is 1.22 bits per heavy atom. The first-order valence-corrected chi connectivity index (χ1v) is 9.76. The molecule has 0 aromatic heterocycles. The molecule has 1 heterocycles. The van der Waals surface area contributed by atoms with Crippen LogP contribution in [0.5, 0.6) is 0 Å². The number of rotatable bonds is 6. The van der Waals surface area contributed by atoms with Crippen LogP contribution in [-0.4, -0.2) is 45.7 Å². The average Bonchev–Trinajstić information content (AvgIpc) is 3.07. The first-order valence-electron chi connectivity index (χ1n) is 9.76. The van der Waals surface area contributed by atoms with Crippen molar-refractivity contribution >= 4 is 11.9 Å². The number of aliphatic hydroxyl groups excluding tert-OH is 1. The molecule has 0 aliphatic carbocycles. The van der Waals surface area contributed by atoms with Crippen LogP contribution in [0.15, 0.2) is 48.5 Å². The van der Waals surface area contributed by atoms with E-state index in [0.29, 0.717) is 11.1 Å². The number of alkyl halides is 3. The molecule has 1 saturated heterocycles. The Kier molecular flexibility index (Phi) is 8.54. The molecule has 3 atom stereocenters. The molecule has 168 valence electrons. The van der Waals surface area contributed by atoms with E-state index >= 15 is 0 Å². The van der Waals surface area contributed by atoms with Gasteiger partial charge >= 0.3 is 31.0 Å². The summed E-state index contributed by atoms with van der Waals surface area (Å²) in [6.07, 6.45) is -5.04. The number of β-amino-alcohol motifs (C(OH)–C–C–N with tert-alkyl or cyclic N) is 1. The molecule has 1 fully saturated rings. The van der Waals surface area contributed by atoms with Crippen molar-refractivity contribution in [1.29, 1.82) is 0 Å². The molecule has 0 radical (unpaired) electrons. The minimum Gasteiger partial charge on any atom is -1.00 e. The second-order valence-electron chi connectivity index (χ2n) is 7.69. The number of halogens is 3. The fraction of sp³-hybridized carbons (Fsp3) is 0.364. The number of aliphatic hydroxyl groups is 1. The number of likely N-dealkylation sites (tertiary alicyclic amines) is 1. The van der Waals surface area contributed by atoms with Gasteiger partial charge in [0.05, 0.1) is 29.3 Å². The van der Waals surface area contributed by atoms with Crippen LogP contribution in [0.4, 0.5) is 13.2 Å². The normalized spacial score (nSPS) is 19.8. The van der Waals surface area contributed by atoms with Crippen LogP contribution < -0.4 is 24.2 Å². The molecule has 1 aliphatic rings. The Balaban J connectivity index is 0.00000272. The minimum atomic E-state index is -4.46. The topological polar surface area (TPSA) is 89.9 Å². The summed E-state index contributed by atoms with van der Waals surface area (Å²) in [6.45, 7) is 2.02. The average molecular weight is 444 g/mol. The van der Waals surface area contributed by atoms with Gasteiger partial charge in [0.15, 0.2) is 0 Å². The van der Waals surface area contributed by atoms with Crippen LogP contribution in [0.25, 0.3) is 0 Å². The zero-order valence-corrected chi connectivity index (χ0v) is 17.8. The van der Waals surface area contributed by atoms with E-state index in [-0.39, 0.29) is 51.3 Å². The number of benzene rings is 2. The number of amides is 1. The molecule has 0 bridgehead atoms. The van der Waals surface area contributed by atoms with Gasteiger partial charge in [0.2, 0.25) is 5.91 Å². The van der Waals surface area contributed by atoms with E-state index in [1.54, 1.807) is 30.0 Å². The Bertz CT molecular complexity index is 959. The Hall–Kier alpha value is -2.31. The van der Waals surface area contributed by atoms with Crippen LogP contribution in [0.3, 0.4) is 0 Å². The Morgan fingerprint density at radius 2 is 1.88 bits per heavy atom. The van der Waals surface area contributed by atoms with Gasteiger partial charge in [-0.1, -0.05) is 30.3 Å². The monoisotopic (exact) mass is 444 g/mol. The van der Waals surface area contributed by atoms with Gasteiger partial charge in [-0.25, -0.2) is 4.79 Å². The summed E-state index contributed by atoms with van der Waals surface area (Å²) in [6, 6.07) is 9.92. The smallest absolute Gasteiger partial charge is 1.00 e. The number of nitrogens with zero attached hydrogens (tertiary/aromatic N) is 1. The number of hydrogen-bond donors (Lipinski definition) is 3. The third-order valence-corrected chi connectivity index (χ3v) is 5.34. The number of carboxylic acids is 1. The molecule has 2 aromatic rings. The van der Waals surface area contributed by atoms with Crippen molar-refractivity contribution in [2.75, 3.05) is 6.54 Å². The largest absolute Gasteiger partial charge is 1.00 e. The molecular formula is C22H24F3LiN2O4. The van der Waals surface area contributed by atoms with E-state index in [4.69, 9.17) is 5.11 Å². The third kappa shape index (κ3) is 6.36. The Labute approximate surface area is 197 Å². The zero-order valence-electron chi connectivity index (χ0n) is 18.8. The fourth-order valence-electron chi connectivity index (χ4n) is 3.71. The van der Waals surface area contributed by atoms with Crippen LogP contribution in [0, 0.1) is 0 Å². The van der Waals surface area contributed by atoms with Gasteiger partial charge in [-0.15, -0.1) is 0 Å². The molecule has 6 nitrogen and oxygen atoms in total. The van der Waals surface area contributed by atoms with Gasteiger partial charge in [-0.2, -0.15) is 13.2 Å². The van der Waals surface area contributed by atoms with Crippen molar-refractivity contribution in [3.8, 4) is 0 Å². The molecule has 0 saturated carbocycles. The van der Waals surface area contributed by atoms with Crippen LogP contribution >= 0.6 is 0 Å². The second-order valence-corrected chi connectivity index (χ2v) is 7.69. The summed E-state index contributed by atoms with van der Waals surface area (Å²) in [5, 5.41) is 21.9. The van der Waals surface area contributed by atoms with E-state index in [9.17, 15) is 27.9 Å². The van der Waals surface area contributed by atoms with Crippen molar-refractivity contribution in [3.05, 3.63) is 70.8 Å². The number of carboxylic acid groups (broad SMARTS) is 1. The molecule has 0 unspecified atom stereocenters. The summed E-state index contributed by atoms with van der Waals surface area (Å²) < 4.78 is 38.9. The zero-order chi connectivity index (χ0) is 22.8. The van der Waals surface area contributed by atoms with Crippen LogP contribution in [-0.2, 0) is 17.5 Å². The quantitative estimate of drug-likeness (QED) is 0.559. The van der Waals surface area contributed by atoms with E-state index in [1.165, 1.54) is 18.2 Å². The molecule has 2 aromatic carbocycles. The van der Waals surface area contributed by atoms with E-state index < -0.39 is 35.9 Å². The van der Waals surface area contributed by atoms with Gasteiger partial charge in [-0.05, 0) is 42.7 Å². The predicted molar refractivity (Wildman–Crippen MR) is 107 cm³/mol. The van der Waals surface area contributed by atoms with E-state index in [2.05, 4.69) is 5.32 Å². The summed E-state index contributed by atoms with van der Waals surface area (Å²) in [5.41, 5.74) is 0.484. The summed E-state index contributed by atoms with van der Waals surface area (Å²) in [4.78, 5) is 25.5. The molecule has 1 aliphatic heterocycles. The molecule has 3 rings (SSSR count). The molecule has 1 amide bonds. The van der Waals surface area contributed by atoms with Gasteiger partial charge in [0.25, 0.3) is 0 Å². The maximum atomic E-state index is 13.0. The van der Waals surface area contributed by atoms with Gasteiger partial charge in [0.1, 0.15) is 0 Å². The van der Waals surface area contributed by atoms with E-state index in [1.807, 2.05) is 0 Å². The Morgan fingerprint density at radius 3 is 2.47 bits per heavy atom. The summed E-state index contributed by atoms with van der Waals surface area (Å²) in [7, 11) is 0. The van der Waals surface area contributed by atoms with Gasteiger partial charge in [0, 0.05) is 13.1 Å². The number of carbonyl (C=O) groups excluding carboxylic acids is 1. The molecule has 10 heteroatoms. The number of hydrogen-bond acceptors (Lipinski definition) is 4. The fourth-order valence-corrected chi connectivity index (χ4v) is 3.71. The van der Waals surface area contributed by atoms with Crippen molar-refractivity contribution in [1.82, 2.24) is 10.2 Å². The maximum absolute atomic E-state index is 13.0. The summed E-state index contributed by atoms with van der Waals surface area (Å²) >= 11 is 0. The van der Waals surface area contributed by atoms with Gasteiger partial charge < -0.3 is 17.0 Å². The number of carbonyl (C=O) groups is 2. The van der Waals surface area contributed by atoms with Crippen molar-refractivity contribution < 1.29 is 53.3 Å². The van der Waals surface area contributed by atoms with Crippen LogP contribution in [0.1, 0.15) is 47.9 Å². The number of nitrogens with one attached hydrogen (secondary N) is 1. The predicted octanol–water partition coefficient (Wildman–Crippen LogP) is 0.333. The van der Waals surface area contributed by atoms with Crippen molar-refractivity contribution in [3.63, 3.8) is 0 Å². The van der Waals surface area contributed by atoms with Crippen LogP contribution in [0.2, 0.25) is 0 Å². The van der Waals surface area contributed by atoms with E-state index in [0.717, 1.165) is 12.1 Å². The standard InChI is InChI=1S/C22H23F3N2O4.Li.H/c1-13(15-5-7-16(8-6-15)21(30)31)26-20(29)19-10-18(28)12-27(19)11-14-3-2-4-17(9-14)22(23,24)25;;/h2-9,13,18-19,28H,10-12H2,1H3,(H,26,29)(H,30,31);;/q;+1;-1/t13-,18+,19+;;/m0../s1. The second kappa shape index (κ2) is 10.5. The SMILES string of the molecule is C[C@H](NC(=O)[C@H]1C[C@@H](O)CN1Cc1cccc(C(F)(F)F)c1)c1ccc(C(=O)O)cc1.[H-].[Li+]. The first-order chi connectivity index (χ1) is 14.5. The summed E-state index contributed by atoms with van der Waals surface area (Å²) in [5.74, 6) is -1.40. The molecular weight excluding hydrogens is 420 g/mol. The van der Waals surface area contributed by atoms with Crippen molar-refractivity contribution in [2.45, 2.75) is 44.3 Å². The molecule has 32 heavy (non-hydrogen) atoms. The molecule has 0 spiro atoms. The maximum Gasteiger partial charge on any atom is 1.00 e. The first kappa shape index (κ1) is 25.9. The van der Waals surface area contributed by atoms with Crippen molar-refractivity contribution in [2.24, 2.45) is 0 Å². The van der Waals surface area contributed by atoms with Gasteiger partial charge in [-0.3, -0.25) is 9.69 Å².